The Morgan fingerprint density at radius 3 is 2.50 bits per heavy atom. The van der Waals surface area contributed by atoms with Crippen LogP contribution >= 0.6 is 0 Å². The predicted octanol–water partition coefficient (Wildman–Crippen LogP) is 5.04. The Hall–Kier alpha value is -3.68. The number of hydrogen-bond acceptors (Lipinski definition) is 6. The van der Waals surface area contributed by atoms with Crippen LogP contribution in [0.3, 0.4) is 0 Å². The molecule has 0 amide bonds. The number of fused-ring (bicyclic) bond motifs is 1. The van der Waals surface area contributed by atoms with E-state index in [1.807, 2.05) is 19.9 Å². The molecule has 0 atom stereocenters. The molecule has 7 nitrogen and oxygen atoms in total. The summed E-state index contributed by atoms with van der Waals surface area (Å²) in [7, 11) is 0. The molecule has 2 aromatic carbocycles. The van der Waals surface area contributed by atoms with Crippen LogP contribution < -0.4 is 9.47 Å². The maximum absolute atomic E-state index is 15.3. The Labute approximate surface area is 211 Å². The Balaban J connectivity index is 1.80. The molecule has 0 radical (unpaired) electrons. The zero-order chi connectivity index (χ0) is 26.5. The first-order chi connectivity index (χ1) is 17.1. The lowest BCUT2D eigenvalue weighted by Gasteiger charge is -2.22. The number of ketones is 1. The minimum atomic E-state index is -0.644. The quantitative estimate of drug-likeness (QED) is 0.266. The number of rotatable bonds is 11. The average Bonchev–Trinajstić information content (AvgIpc) is 3.15. The van der Waals surface area contributed by atoms with Crippen molar-refractivity contribution in [3.8, 4) is 11.5 Å². The van der Waals surface area contributed by atoms with Crippen molar-refractivity contribution in [2.75, 3.05) is 26.4 Å². The molecule has 0 saturated heterocycles. The van der Waals surface area contributed by atoms with Crippen molar-refractivity contribution >= 4 is 17.6 Å². The Bertz CT molecular complexity index is 1190. The highest BCUT2D eigenvalue weighted by Gasteiger charge is 2.33. The van der Waals surface area contributed by atoms with Gasteiger partial charge in [0.05, 0.1) is 31.9 Å². The molecule has 2 aromatic rings. The zero-order valence-corrected chi connectivity index (χ0v) is 21.4. The standard InChI is InChI=1S/C28H33FN2O5/c1-6-34-22-15-19-16-31(27(30)24(19)25(29)26(22)36-8-3)17-21(32)18-10-9-11-20(14-18)28(4,5)13-12-23(33)35-7-2/h9-15,30H,6-8,16-17H2,1-5H3. The molecular formula is C28H33FN2O5. The van der Waals surface area contributed by atoms with Crippen molar-refractivity contribution in [3.05, 3.63) is 70.6 Å². The third kappa shape index (κ3) is 5.75. The van der Waals surface area contributed by atoms with Crippen LogP contribution in [-0.4, -0.2) is 48.9 Å². The van der Waals surface area contributed by atoms with Crippen LogP contribution in [0, 0.1) is 11.2 Å². The van der Waals surface area contributed by atoms with Gasteiger partial charge in [-0.25, -0.2) is 9.18 Å². The van der Waals surface area contributed by atoms with Crippen LogP contribution in [-0.2, 0) is 21.5 Å². The molecule has 1 N–H and O–H groups in total. The summed E-state index contributed by atoms with van der Waals surface area (Å²) in [6, 6.07) is 8.86. The van der Waals surface area contributed by atoms with E-state index in [9.17, 15) is 9.59 Å². The van der Waals surface area contributed by atoms with E-state index in [2.05, 4.69) is 0 Å². The van der Waals surface area contributed by atoms with Gasteiger partial charge >= 0.3 is 5.97 Å². The lowest BCUT2D eigenvalue weighted by Crippen LogP contribution is -2.30. The largest absolute Gasteiger partial charge is 0.490 e. The molecule has 0 fully saturated rings. The Morgan fingerprint density at radius 2 is 1.83 bits per heavy atom. The van der Waals surface area contributed by atoms with Crippen molar-refractivity contribution in [1.29, 1.82) is 5.41 Å². The van der Waals surface area contributed by atoms with E-state index in [0.717, 1.165) is 5.56 Å². The first-order valence-electron chi connectivity index (χ1n) is 12.1. The van der Waals surface area contributed by atoms with E-state index >= 15 is 4.39 Å². The number of nitrogens with zero attached hydrogens (tertiary/aromatic N) is 1. The monoisotopic (exact) mass is 496 g/mol. The second-order valence-electron chi connectivity index (χ2n) is 8.93. The molecule has 0 aliphatic carbocycles. The summed E-state index contributed by atoms with van der Waals surface area (Å²) in [5, 5.41) is 8.54. The molecule has 0 bridgehead atoms. The Kier molecular flexibility index (Phi) is 8.50. The molecule has 3 rings (SSSR count). The molecule has 1 aliphatic rings. The number of amidine groups is 1. The van der Waals surface area contributed by atoms with Crippen LogP contribution in [0.4, 0.5) is 4.39 Å². The van der Waals surface area contributed by atoms with E-state index in [1.54, 1.807) is 56.0 Å². The van der Waals surface area contributed by atoms with Gasteiger partial charge in [-0.1, -0.05) is 38.1 Å². The second-order valence-corrected chi connectivity index (χ2v) is 8.93. The Morgan fingerprint density at radius 1 is 1.11 bits per heavy atom. The molecular weight excluding hydrogens is 463 g/mol. The van der Waals surface area contributed by atoms with Gasteiger partial charge in [0.25, 0.3) is 0 Å². The number of carbonyl (C=O) groups excluding carboxylic acids is 2. The molecule has 0 unspecified atom stereocenters. The van der Waals surface area contributed by atoms with Crippen LogP contribution in [0.15, 0.2) is 42.5 Å². The van der Waals surface area contributed by atoms with E-state index in [4.69, 9.17) is 19.6 Å². The van der Waals surface area contributed by atoms with Gasteiger partial charge in [0.15, 0.2) is 23.1 Å². The van der Waals surface area contributed by atoms with Gasteiger partial charge in [0, 0.05) is 23.6 Å². The average molecular weight is 497 g/mol. The topological polar surface area (TPSA) is 88.9 Å². The summed E-state index contributed by atoms with van der Waals surface area (Å²) in [5.74, 6) is -1.04. The minimum absolute atomic E-state index is 0.0122. The van der Waals surface area contributed by atoms with Crippen LogP contribution in [0.1, 0.15) is 61.7 Å². The fourth-order valence-corrected chi connectivity index (χ4v) is 4.08. The highest BCUT2D eigenvalue weighted by atomic mass is 19.1. The van der Waals surface area contributed by atoms with Gasteiger partial charge in [0.2, 0.25) is 0 Å². The van der Waals surface area contributed by atoms with Gasteiger partial charge in [-0.05, 0) is 44.0 Å². The van der Waals surface area contributed by atoms with Gasteiger partial charge in [-0.3, -0.25) is 10.2 Å². The van der Waals surface area contributed by atoms with Crippen molar-refractivity contribution in [2.45, 2.75) is 46.6 Å². The molecule has 8 heteroatoms. The highest BCUT2D eigenvalue weighted by molar-refractivity contribution is 6.05. The molecule has 1 heterocycles. The number of Topliss-reactive ketones (excluding diaryl/α,β-unsaturated/α-hetero) is 1. The van der Waals surface area contributed by atoms with Gasteiger partial charge in [-0.2, -0.15) is 0 Å². The lowest BCUT2D eigenvalue weighted by atomic mass is 9.83. The number of carbonyl (C=O) groups is 2. The minimum Gasteiger partial charge on any atom is -0.490 e. The number of esters is 1. The maximum atomic E-state index is 15.3. The molecule has 192 valence electrons. The smallest absolute Gasteiger partial charge is 0.330 e. The highest BCUT2D eigenvalue weighted by Crippen LogP contribution is 2.39. The van der Waals surface area contributed by atoms with Crippen molar-refractivity contribution < 1.29 is 28.2 Å². The van der Waals surface area contributed by atoms with Gasteiger partial charge in [-0.15, -0.1) is 0 Å². The van der Waals surface area contributed by atoms with Crippen LogP contribution in [0.2, 0.25) is 0 Å². The third-order valence-corrected chi connectivity index (χ3v) is 5.96. The molecule has 0 saturated carbocycles. The normalized spacial score (nSPS) is 13.2. The van der Waals surface area contributed by atoms with E-state index in [0.29, 0.717) is 30.1 Å². The van der Waals surface area contributed by atoms with E-state index < -0.39 is 17.2 Å². The summed E-state index contributed by atoms with van der Waals surface area (Å²) in [6.45, 7) is 10.2. The summed E-state index contributed by atoms with van der Waals surface area (Å²) in [5.41, 5.74) is 1.51. The molecule has 0 spiro atoms. The molecule has 0 aromatic heterocycles. The van der Waals surface area contributed by atoms with Gasteiger partial charge in [0.1, 0.15) is 5.84 Å². The number of allylic oxidation sites excluding steroid dienone is 1. The summed E-state index contributed by atoms with van der Waals surface area (Å²) in [4.78, 5) is 26.4. The summed E-state index contributed by atoms with van der Waals surface area (Å²) >= 11 is 0. The summed E-state index contributed by atoms with van der Waals surface area (Å²) < 4.78 is 31.3. The lowest BCUT2D eigenvalue weighted by molar-refractivity contribution is -0.137. The second kappa shape index (κ2) is 11.4. The SMILES string of the molecule is CCOC(=O)C=CC(C)(C)c1cccc(C(=O)CN2Cc3cc(OCC)c(OCC)c(F)c3C2=N)c1. The van der Waals surface area contributed by atoms with E-state index in [1.165, 1.54) is 6.08 Å². The van der Waals surface area contributed by atoms with Crippen LogP contribution in [0.5, 0.6) is 11.5 Å². The third-order valence-electron chi connectivity index (χ3n) is 5.96. The molecule has 1 aliphatic heterocycles. The van der Waals surface area contributed by atoms with Gasteiger partial charge < -0.3 is 19.1 Å². The first kappa shape index (κ1) is 26.9. The fourth-order valence-electron chi connectivity index (χ4n) is 4.08. The van der Waals surface area contributed by atoms with Crippen molar-refractivity contribution in [2.24, 2.45) is 0 Å². The summed E-state index contributed by atoms with van der Waals surface area (Å²) in [6.07, 6.45) is 3.14. The zero-order valence-electron chi connectivity index (χ0n) is 21.4. The maximum Gasteiger partial charge on any atom is 0.330 e. The number of benzene rings is 2. The van der Waals surface area contributed by atoms with Crippen molar-refractivity contribution in [3.63, 3.8) is 0 Å². The number of nitrogens with one attached hydrogen (secondary N) is 1. The van der Waals surface area contributed by atoms with Crippen molar-refractivity contribution in [1.82, 2.24) is 4.90 Å². The number of ether oxygens (including phenoxy) is 3. The first-order valence-corrected chi connectivity index (χ1v) is 12.1. The van der Waals surface area contributed by atoms with Crippen LogP contribution in [0.25, 0.3) is 0 Å². The molecule has 36 heavy (non-hydrogen) atoms. The predicted molar refractivity (Wildman–Crippen MR) is 136 cm³/mol. The fraction of sp³-hybridized carbons (Fsp3) is 0.393. The number of halogens is 1. The number of hydrogen-bond donors (Lipinski definition) is 1. The van der Waals surface area contributed by atoms with E-state index in [-0.39, 0.29) is 42.6 Å².